The Bertz CT molecular complexity index is 1010. The first-order valence-corrected chi connectivity index (χ1v) is 8.99. The number of ether oxygens (including phenoxy) is 1. The van der Waals surface area contributed by atoms with Crippen LogP contribution in [0, 0.1) is 5.82 Å². The zero-order valence-electron chi connectivity index (χ0n) is 15.8. The van der Waals surface area contributed by atoms with Crippen LogP contribution in [0.25, 0.3) is 11.1 Å². The van der Waals surface area contributed by atoms with Crippen LogP contribution < -0.4 is 15.5 Å². The second-order valence-electron chi connectivity index (χ2n) is 6.27. The molecule has 0 aliphatic heterocycles. The summed E-state index contributed by atoms with van der Waals surface area (Å²) in [6, 6.07) is 13.7. The number of rotatable bonds is 7. The van der Waals surface area contributed by atoms with Crippen molar-refractivity contribution in [1.82, 2.24) is 0 Å². The predicted octanol–water partition coefficient (Wildman–Crippen LogP) is 4.12. The lowest BCUT2D eigenvalue weighted by molar-refractivity contribution is 0.239. The smallest absolute Gasteiger partial charge is 0.188 e. The number of hydrogen-bond acceptors (Lipinski definition) is 5. The molecule has 5 nitrogen and oxygen atoms in total. The lowest BCUT2D eigenvalue weighted by atomic mass is 10.0. The molecule has 0 saturated heterocycles. The Morgan fingerprint density at radius 3 is 2.43 bits per heavy atom. The Balaban J connectivity index is 1.76. The van der Waals surface area contributed by atoms with Crippen LogP contribution in [0.3, 0.4) is 0 Å². The van der Waals surface area contributed by atoms with Gasteiger partial charge in [-0.3, -0.25) is 4.79 Å². The minimum absolute atomic E-state index is 0.133. The van der Waals surface area contributed by atoms with Crippen LogP contribution in [0.5, 0.6) is 5.75 Å². The molecule has 0 aliphatic carbocycles. The van der Waals surface area contributed by atoms with E-state index in [1.807, 2.05) is 31.2 Å². The second kappa shape index (κ2) is 8.71. The van der Waals surface area contributed by atoms with Gasteiger partial charge in [0.2, 0.25) is 0 Å². The molecule has 0 saturated carbocycles. The summed E-state index contributed by atoms with van der Waals surface area (Å²) in [4.78, 5) is 12.1. The van der Waals surface area contributed by atoms with E-state index in [4.69, 9.17) is 9.15 Å². The second-order valence-corrected chi connectivity index (χ2v) is 6.27. The van der Waals surface area contributed by atoms with Crippen LogP contribution in [-0.4, -0.2) is 12.2 Å². The minimum Gasteiger partial charge on any atom is -0.494 e. The Labute approximate surface area is 162 Å². The first-order valence-electron chi connectivity index (χ1n) is 8.99. The molecular formula is C22H22FNO4. The van der Waals surface area contributed by atoms with Gasteiger partial charge in [0.25, 0.3) is 0 Å². The van der Waals surface area contributed by atoms with E-state index in [0.717, 1.165) is 16.8 Å². The molecule has 0 bridgehead atoms. The number of halogens is 1. The Morgan fingerprint density at radius 2 is 1.82 bits per heavy atom. The Morgan fingerprint density at radius 1 is 1.11 bits per heavy atom. The molecule has 0 atom stereocenters. The van der Waals surface area contributed by atoms with Gasteiger partial charge in [-0.15, -0.1) is 0 Å². The number of hydrogen-bond donors (Lipinski definition) is 2. The van der Waals surface area contributed by atoms with Crippen molar-refractivity contribution in [3.63, 3.8) is 0 Å². The Kier molecular flexibility index (Phi) is 6.11. The van der Waals surface area contributed by atoms with Gasteiger partial charge in [0.15, 0.2) is 17.0 Å². The monoisotopic (exact) mass is 383 g/mol. The van der Waals surface area contributed by atoms with Crippen molar-refractivity contribution < 1.29 is 18.7 Å². The fourth-order valence-corrected chi connectivity index (χ4v) is 3.02. The van der Waals surface area contributed by atoms with Gasteiger partial charge >= 0.3 is 0 Å². The summed E-state index contributed by atoms with van der Waals surface area (Å²) in [5.41, 5.74) is 2.91. The first-order chi connectivity index (χ1) is 13.5. The van der Waals surface area contributed by atoms with Crippen LogP contribution in [0.15, 0.2) is 57.7 Å². The summed E-state index contributed by atoms with van der Waals surface area (Å²) in [6.45, 7) is 1.89. The molecule has 146 valence electrons. The lowest BCUT2D eigenvalue weighted by Crippen LogP contribution is -2.14. The SMILES string of the molecule is CCc1c(CNc2ccc(-c3ccc(OC)c(F)c3)cc2)oc(CO)cc1=O. The van der Waals surface area contributed by atoms with Crippen molar-refractivity contribution in [2.75, 3.05) is 12.4 Å². The highest BCUT2D eigenvalue weighted by atomic mass is 19.1. The van der Waals surface area contributed by atoms with Gasteiger partial charge in [0.05, 0.1) is 13.7 Å². The van der Waals surface area contributed by atoms with Gasteiger partial charge in [0, 0.05) is 17.3 Å². The highest BCUT2D eigenvalue weighted by Gasteiger charge is 2.11. The molecule has 0 spiro atoms. The molecule has 1 heterocycles. The normalized spacial score (nSPS) is 10.7. The fourth-order valence-electron chi connectivity index (χ4n) is 3.02. The zero-order chi connectivity index (χ0) is 20.1. The van der Waals surface area contributed by atoms with E-state index in [-0.39, 0.29) is 23.5 Å². The topological polar surface area (TPSA) is 71.7 Å². The fraction of sp³-hybridized carbons (Fsp3) is 0.227. The molecule has 1 aromatic heterocycles. The summed E-state index contributed by atoms with van der Waals surface area (Å²) in [7, 11) is 1.43. The van der Waals surface area contributed by atoms with Crippen molar-refractivity contribution in [3.8, 4) is 16.9 Å². The number of aliphatic hydroxyl groups excluding tert-OH is 1. The molecule has 0 radical (unpaired) electrons. The quantitative estimate of drug-likeness (QED) is 0.642. The van der Waals surface area contributed by atoms with Crippen LogP contribution in [0.4, 0.5) is 10.1 Å². The summed E-state index contributed by atoms with van der Waals surface area (Å²) in [6.07, 6.45) is 0.549. The summed E-state index contributed by atoms with van der Waals surface area (Å²) < 4.78 is 24.5. The first kappa shape index (κ1) is 19.6. The molecule has 28 heavy (non-hydrogen) atoms. The molecule has 6 heteroatoms. The lowest BCUT2D eigenvalue weighted by Gasteiger charge is -2.11. The van der Waals surface area contributed by atoms with Gasteiger partial charge in [-0.25, -0.2) is 4.39 Å². The summed E-state index contributed by atoms with van der Waals surface area (Å²) in [5.74, 6) is 0.560. The molecule has 0 aliphatic rings. The van der Waals surface area contributed by atoms with Crippen molar-refractivity contribution in [2.45, 2.75) is 26.5 Å². The number of nitrogens with one attached hydrogen (secondary N) is 1. The van der Waals surface area contributed by atoms with E-state index < -0.39 is 5.82 Å². The van der Waals surface area contributed by atoms with Crippen molar-refractivity contribution >= 4 is 5.69 Å². The van der Waals surface area contributed by atoms with Gasteiger partial charge < -0.3 is 19.6 Å². The molecule has 0 amide bonds. The van der Waals surface area contributed by atoms with Crippen molar-refractivity contribution in [1.29, 1.82) is 0 Å². The molecule has 0 unspecified atom stereocenters. The van der Waals surface area contributed by atoms with E-state index >= 15 is 0 Å². The van der Waals surface area contributed by atoms with Gasteiger partial charge in [-0.05, 0) is 41.8 Å². The molecule has 2 N–H and O–H groups in total. The molecule has 2 aromatic carbocycles. The third-order valence-corrected chi connectivity index (χ3v) is 4.51. The van der Waals surface area contributed by atoms with E-state index in [0.29, 0.717) is 24.3 Å². The molecule has 3 rings (SSSR count). The molecule has 3 aromatic rings. The Hall–Kier alpha value is -3.12. The highest BCUT2D eigenvalue weighted by molar-refractivity contribution is 5.66. The third-order valence-electron chi connectivity index (χ3n) is 4.51. The maximum atomic E-state index is 13.9. The van der Waals surface area contributed by atoms with Gasteiger partial charge in [0.1, 0.15) is 18.1 Å². The molecule has 0 fully saturated rings. The average molecular weight is 383 g/mol. The minimum atomic E-state index is -0.409. The van der Waals surface area contributed by atoms with Crippen LogP contribution >= 0.6 is 0 Å². The third kappa shape index (κ3) is 4.23. The standard InChI is InChI=1S/C22H22FNO4/c1-3-18-20(26)11-17(13-25)28-22(18)12-24-16-7-4-14(5-8-16)15-6-9-21(27-2)19(23)10-15/h4-11,24-25H,3,12-13H2,1-2H3. The highest BCUT2D eigenvalue weighted by Crippen LogP contribution is 2.26. The summed E-state index contributed by atoms with van der Waals surface area (Å²) >= 11 is 0. The van der Waals surface area contributed by atoms with Crippen LogP contribution in [-0.2, 0) is 19.6 Å². The van der Waals surface area contributed by atoms with E-state index in [1.165, 1.54) is 19.2 Å². The number of aliphatic hydroxyl groups is 1. The number of anilines is 1. The van der Waals surface area contributed by atoms with E-state index in [9.17, 15) is 14.3 Å². The van der Waals surface area contributed by atoms with Crippen LogP contribution in [0.2, 0.25) is 0 Å². The van der Waals surface area contributed by atoms with Crippen molar-refractivity contribution in [2.24, 2.45) is 0 Å². The number of methoxy groups -OCH3 is 1. The maximum Gasteiger partial charge on any atom is 0.188 e. The predicted molar refractivity (Wildman–Crippen MR) is 106 cm³/mol. The largest absolute Gasteiger partial charge is 0.494 e. The van der Waals surface area contributed by atoms with E-state index in [2.05, 4.69) is 5.32 Å². The van der Waals surface area contributed by atoms with E-state index in [1.54, 1.807) is 12.1 Å². The number of benzene rings is 2. The average Bonchev–Trinajstić information content (AvgIpc) is 2.72. The molecular weight excluding hydrogens is 361 g/mol. The van der Waals surface area contributed by atoms with Gasteiger partial charge in [-0.1, -0.05) is 25.1 Å². The van der Waals surface area contributed by atoms with Crippen LogP contribution in [0.1, 0.15) is 24.0 Å². The van der Waals surface area contributed by atoms with Gasteiger partial charge in [-0.2, -0.15) is 0 Å². The van der Waals surface area contributed by atoms with Crippen molar-refractivity contribution in [3.05, 3.63) is 81.7 Å². The summed E-state index contributed by atoms with van der Waals surface area (Å²) in [5, 5.41) is 12.5. The zero-order valence-corrected chi connectivity index (χ0v) is 15.8. The maximum absolute atomic E-state index is 13.9.